The molecule has 1 amide bonds. The van der Waals surface area contributed by atoms with Gasteiger partial charge in [-0.1, -0.05) is 38.1 Å². The van der Waals surface area contributed by atoms with Crippen LogP contribution in [0.25, 0.3) is 6.08 Å². The van der Waals surface area contributed by atoms with Crippen LogP contribution in [0.4, 0.5) is 0 Å². The fourth-order valence-corrected chi connectivity index (χ4v) is 2.99. The molecule has 0 radical (unpaired) electrons. The van der Waals surface area contributed by atoms with Crippen LogP contribution >= 0.6 is 0 Å². The van der Waals surface area contributed by atoms with Gasteiger partial charge in [0.05, 0.1) is 21.3 Å². The van der Waals surface area contributed by atoms with E-state index < -0.39 is 5.97 Å². The van der Waals surface area contributed by atoms with Gasteiger partial charge in [-0.2, -0.15) is 0 Å². The van der Waals surface area contributed by atoms with Crippen molar-refractivity contribution in [3.05, 3.63) is 59.2 Å². The van der Waals surface area contributed by atoms with Crippen LogP contribution in [-0.2, 0) is 20.7 Å². The molecule has 0 unspecified atom stereocenters. The van der Waals surface area contributed by atoms with E-state index in [1.165, 1.54) is 39.0 Å². The number of methoxy groups -OCH3 is 3. The van der Waals surface area contributed by atoms with Gasteiger partial charge in [-0.3, -0.25) is 4.79 Å². The van der Waals surface area contributed by atoms with Gasteiger partial charge in [0.25, 0.3) is 5.91 Å². The highest BCUT2D eigenvalue weighted by Gasteiger charge is 2.11. The standard InChI is InChI=1S/C25H31NO6/c1-17(2)19-8-6-18(7-9-19)12-13-26-24(27)16-32-25(28)11-10-20-14-22(30-4)23(31-5)15-21(20)29-3/h6-11,14-15,17H,12-13,16H2,1-5H3,(H,26,27)/b11-10+. The van der Waals surface area contributed by atoms with Crippen molar-refractivity contribution in [2.24, 2.45) is 0 Å². The smallest absolute Gasteiger partial charge is 0.331 e. The quantitative estimate of drug-likeness (QED) is 0.422. The lowest BCUT2D eigenvalue weighted by Crippen LogP contribution is -2.30. The van der Waals surface area contributed by atoms with Crippen molar-refractivity contribution in [1.82, 2.24) is 5.32 Å². The lowest BCUT2D eigenvalue weighted by molar-refractivity contribution is -0.143. The zero-order valence-corrected chi connectivity index (χ0v) is 19.3. The molecule has 0 bridgehead atoms. The number of carbonyl (C=O) groups excluding carboxylic acids is 2. The first-order valence-electron chi connectivity index (χ1n) is 10.4. The minimum absolute atomic E-state index is 0.349. The van der Waals surface area contributed by atoms with Crippen molar-refractivity contribution in [2.45, 2.75) is 26.2 Å². The largest absolute Gasteiger partial charge is 0.496 e. The van der Waals surface area contributed by atoms with Crippen LogP contribution in [0.1, 0.15) is 36.5 Å². The maximum absolute atomic E-state index is 12.0. The normalized spacial score (nSPS) is 10.8. The van der Waals surface area contributed by atoms with Crippen LogP contribution in [0.15, 0.2) is 42.5 Å². The molecule has 7 heteroatoms. The van der Waals surface area contributed by atoms with Gasteiger partial charge in [0.15, 0.2) is 18.1 Å². The molecule has 0 heterocycles. The SMILES string of the molecule is COc1cc(OC)c(OC)cc1/C=C/C(=O)OCC(=O)NCCc1ccc(C(C)C)cc1. The number of hydrogen-bond acceptors (Lipinski definition) is 6. The minimum atomic E-state index is -0.638. The van der Waals surface area contributed by atoms with Crippen LogP contribution in [0.5, 0.6) is 17.2 Å². The lowest BCUT2D eigenvalue weighted by Gasteiger charge is -2.12. The van der Waals surface area contributed by atoms with Crippen molar-refractivity contribution in [2.75, 3.05) is 34.5 Å². The summed E-state index contributed by atoms with van der Waals surface area (Å²) in [6.45, 7) is 4.42. The summed E-state index contributed by atoms with van der Waals surface area (Å²) in [6, 6.07) is 11.7. The van der Waals surface area contributed by atoms with Crippen LogP contribution < -0.4 is 19.5 Å². The second-order valence-electron chi connectivity index (χ2n) is 7.39. The summed E-state index contributed by atoms with van der Waals surface area (Å²) in [7, 11) is 4.56. The average molecular weight is 442 g/mol. The Balaban J connectivity index is 1.81. The summed E-state index contributed by atoms with van der Waals surface area (Å²) >= 11 is 0. The third-order valence-electron chi connectivity index (χ3n) is 4.86. The Bertz CT molecular complexity index is 934. The van der Waals surface area contributed by atoms with Gasteiger partial charge in [-0.25, -0.2) is 4.79 Å². The maximum atomic E-state index is 12.0. The Morgan fingerprint density at radius 1 is 0.938 bits per heavy atom. The highest BCUT2D eigenvalue weighted by Crippen LogP contribution is 2.35. The third kappa shape index (κ3) is 7.34. The van der Waals surface area contributed by atoms with Crippen LogP contribution in [0.3, 0.4) is 0 Å². The van der Waals surface area contributed by atoms with E-state index in [9.17, 15) is 9.59 Å². The van der Waals surface area contributed by atoms with Crippen molar-refractivity contribution in [3.63, 3.8) is 0 Å². The number of ether oxygens (including phenoxy) is 4. The molecule has 0 aliphatic heterocycles. The molecule has 0 aliphatic carbocycles. The zero-order chi connectivity index (χ0) is 23.5. The zero-order valence-electron chi connectivity index (χ0n) is 19.3. The van der Waals surface area contributed by atoms with Gasteiger partial charge in [-0.05, 0) is 35.6 Å². The molecule has 0 atom stereocenters. The molecule has 2 aromatic carbocycles. The third-order valence-corrected chi connectivity index (χ3v) is 4.86. The molecule has 0 saturated carbocycles. The number of nitrogens with one attached hydrogen (secondary N) is 1. The van der Waals surface area contributed by atoms with Gasteiger partial charge in [0.2, 0.25) is 0 Å². The van der Waals surface area contributed by atoms with Gasteiger partial charge >= 0.3 is 5.97 Å². The van der Waals surface area contributed by atoms with E-state index in [-0.39, 0.29) is 12.5 Å². The Hall–Kier alpha value is -3.48. The van der Waals surface area contributed by atoms with Crippen molar-refractivity contribution in [1.29, 1.82) is 0 Å². The van der Waals surface area contributed by atoms with E-state index in [0.717, 1.165) is 5.56 Å². The summed E-state index contributed by atoms with van der Waals surface area (Å²) in [6.07, 6.45) is 3.46. The molecule has 1 N–H and O–H groups in total. The summed E-state index contributed by atoms with van der Waals surface area (Å²) in [4.78, 5) is 23.9. The number of hydrogen-bond donors (Lipinski definition) is 1. The average Bonchev–Trinajstić information content (AvgIpc) is 2.81. The van der Waals surface area contributed by atoms with E-state index in [1.807, 2.05) is 0 Å². The second-order valence-corrected chi connectivity index (χ2v) is 7.39. The summed E-state index contributed by atoms with van der Waals surface area (Å²) in [5.74, 6) is 1.01. The van der Waals surface area contributed by atoms with E-state index in [0.29, 0.717) is 41.7 Å². The highest BCUT2D eigenvalue weighted by molar-refractivity contribution is 5.89. The minimum Gasteiger partial charge on any atom is -0.496 e. The highest BCUT2D eigenvalue weighted by atomic mass is 16.5. The van der Waals surface area contributed by atoms with Crippen molar-refractivity contribution < 1.29 is 28.5 Å². The molecule has 172 valence electrons. The van der Waals surface area contributed by atoms with Crippen LogP contribution in [0.2, 0.25) is 0 Å². The Morgan fingerprint density at radius 2 is 1.56 bits per heavy atom. The first-order chi connectivity index (χ1) is 15.4. The molecule has 0 spiro atoms. The maximum Gasteiger partial charge on any atom is 0.331 e. The van der Waals surface area contributed by atoms with Gasteiger partial charge in [-0.15, -0.1) is 0 Å². The Labute approximate surface area is 189 Å². The van der Waals surface area contributed by atoms with Gasteiger partial charge in [0.1, 0.15) is 5.75 Å². The van der Waals surface area contributed by atoms with Gasteiger partial charge < -0.3 is 24.3 Å². The number of benzene rings is 2. The molecule has 0 aliphatic rings. The molecule has 7 nitrogen and oxygen atoms in total. The summed E-state index contributed by atoms with van der Waals surface area (Å²) < 4.78 is 20.8. The first kappa shape index (κ1) is 24.8. The van der Waals surface area contributed by atoms with Gasteiger partial charge in [0, 0.05) is 24.3 Å². The predicted molar refractivity (Wildman–Crippen MR) is 123 cm³/mol. The van der Waals surface area contributed by atoms with E-state index in [4.69, 9.17) is 18.9 Å². The number of amides is 1. The van der Waals surface area contributed by atoms with Crippen LogP contribution in [0, 0.1) is 0 Å². The first-order valence-corrected chi connectivity index (χ1v) is 10.4. The van der Waals surface area contributed by atoms with E-state index >= 15 is 0 Å². The van der Waals surface area contributed by atoms with Crippen molar-refractivity contribution in [3.8, 4) is 17.2 Å². The van der Waals surface area contributed by atoms with Crippen LogP contribution in [-0.4, -0.2) is 46.4 Å². The molecule has 0 fully saturated rings. The molecule has 2 rings (SSSR count). The second kappa shape index (κ2) is 12.4. The molecule has 0 aromatic heterocycles. The van der Waals surface area contributed by atoms with Crippen molar-refractivity contribution >= 4 is 18.0 Å². The molecule has 2 aromatic rings. The number of esters is 1. The predicted octanol–water partition coefficient (Wildman–Crippen LogP) is 3.75. The fraction of sp³-hybridized carbons (Fsp3) is 0.360. The fourth-order valence-electron chi connectivity index (χ4n) is 2.99. The Kier molecular flexibility index (Phi) is 9.60. The van der Waals surface area contributed by atoms with E-state index in [2.05, 4.69) is 43.4 Å². The topological polar surface area (TPSA) is 83.1 Å². The summed E-state index contributed by atoms with van der Waals surface area (Å²) in [5, 5.41) is 2.75. The molecule has 0 saturated heterocycles. The molecular weight excluding hydrogens is 410 g/mol. The monoisotopic (exact) mass is 441 g/mol. The van der Waals surface area contributed by atoms with E-state index in [1.54, 1.807) is 12.1 Å². The molecular formula is C25H31NO6. The summed E-state index contributed by atoms with van der Waals surface area (Å²) in [5.41, 5.74) is 3.02. The molecule has 32 heavy (non-hydrogen) atoms. The lowest BCUT2D eigenvalue weighted by atomic mass is 10.0. The number of rotatable bonds is 11. The Morgan fingerprint density at radius 3 is 2.16 bits per heavy atom. The number of carbonyl (C=O) groups is 2.